The number of rotatable bonds is 5. The van der Waals surface area contributed by atoms with Crippen molar-refractivity contribution < 1.29 is 19.1 Å². The zero-order valence-electron chi connectivity index (χ0n) is 18.1. The quantitative estimate of drug-likeness (QED) is 0.544. The molecule has 0 unspecified atom stereocenters. The summed E-state index contributed by atoms with van der Waals surface area (Å²) in [5, 5.41) is 2.81. The Morgan fingerprint density at radius 1 is 1.09 bits per heavy atom. The van der Waals surface area contributed by atoms with Crippen molar-refractivity contribution in [3.05, 3.63) is 48.3 Å². The average Bonchev–Trinajstić information content (AvgIpc) is 2.84. The molecule has 2 aliphatic rings. The normalized spacial score (nSPS) is 20.9. The molecule has 1 saturated heterocycles. The SMILES string of the molecule is CCOC(=O)[C@H]1C(=O)NC(N2CCN(c3ncccn3)CC2)=N[C@@H]1c1ccc(OC)cc1. The van der Waals surface area contributed by atoms with Crippen molar-refractivity contribution in [1.29, 1.82) is 0 Å². The number of anilines is 1. The van der Waals surface area contributed by atoms with E-state index in [2.05, 4.69) is 20.2 Å². The number of amides is 1. The topological polar surface area (TPSA) is 109 Å². The summed E-state index contributed by atoms with van der Waals surface area (Å²) in [4.78, 5) is 43.0. The first-order chi connectivity index (χ1) is 15.6. The third kappa shape index (κ3) is 4.48. The van der Waals surface area contributed by atoms with Crippen LogP contribution in [0.5, 0.6) is 5.75 Å². The maximum absolute atomic E-state index is 13.0. The molecule has 0 saturated carbocycles. The number of guanidine groups is 1. The zero-order valence-corrected chi connectivity index (χ0v) is 18.1. The monoisotopic (exact) mass is 438 g/mol. The molecular weight excluding hydrogens is 412 g/mol. The lowest BCUT2D eigenvalue weighted by molar-refractivity contribution is -0.153. The maximum atomic E-state index is 13.0. The molecule has 2 aromatic rings. The van der Waals surface area contributed by atoms with Crippen molar-refractivity contribution in [2.24, 2.45) is 10.9 Å². The summed E-state index contributed by atoms with van der Waals surface area (Å²) in [5.41, 5.74) is 0.743. The second-order valence-electron chi connectivity index (χ2n) is 7.41. The molecule has 10 nitrogen and oxygen atoms in total. The Hall–Kier alpha value is -3.69. The van der Waals surface area contributed by atoms with E-state index in [9.17, 15) is 9.59 Å². The van der Waals surface area contributed by atoms with Crippen LogP contribution in [-0.2, 0) is 14.3 Å². The number of esters is 1. The lowest BCUT2D eigenvalue weighted by Crippen LogP contribution is -2.57. The van der Waals surface area contributed by atoms with Crippen LogP contribution in [0.2, 0.25) is 0 Å². The van der Waals surface area contributed by atoms with Gasteiger partial charge in [0, 0.05) is 38.6 Å². The van der Waals surface area contributed by atoms with Crippen molar-refractivity contribution in [2.75, 3.05) is 44.8 Å². The van der Waals surface area contributed by atoms with Crippen molar-refractivity contribution in [2.45, 2.75) is 13.0 Å². The number of aliphatic imine (C=N–C) groups is 1. The Morgan fingerprint density at radius 2 is 1.75 bits per heavy atom. The van der Waals surface area contributed by atoms with E-state index in [0.717, 1.165) is 5.56 Å². The van der Waals surface area contributed by atoms with Gasteiger partial charge in [-0.2, -0.15) is 0 Å². The van der Waals surface area contributed by atoms with Crippen LogP contribution in [0.25, 0.3) is 0 Å². The maximum Gasteiger partial charge on any atom is 0.321 e. The van der Waals surface area contributed by atoms with Crippen molar-refractivity contribution in [1.82, 2.24) is 20.2 Å². The van der Waals surface area contributed by atoms with Crippen molar-refractivity contribution >= 4 is 23.8 Å². The first-order valence-electron chi connectivity index (χ1n) is 10.6. The molecule has 1 amide bonds. The zero-order chi connectivity index (χ0) is 22.5. The van der Waals surface area contributed by atoms with Gasteiger partial charge in [-0.15, -0.1) is 0 Å². The van der Waals surface area contributed by atoms with Gasteiger partial charge in [-0.3, -0.25) is 14.9 Å². The minimum absolute atomic E-state index is 0.192. The van der Waals surface area contributed by atoms with Gasteiger partial charge in [-0.05, 0) is 30.7 Å². The number of nitrogens with one attached hydrogen (secondary N) is 1. The van der Waals surface area contributed by atoms with Gasteiger partial charge in [0.15, 0.2) is 5.92 Å². The Bertz CT molecular complexity index is 974. The standard InChI is InChI=1S/C22H26N6O4/c1-3-32-20(30)17-18(15-5-7-16(31-2)8-6-15)25-22(26-19(17)29)28-13-11-27(12-14-28)21-23-9-4-10-24-21/h4-10,17-18H,3,11-14H2,1-2H3,(H,25,26,29)/t17-,18-/m1/s1. The third-order valence-electron chi connectivity index (χ3n) is 5.51. The van der Waals surface area contributed by atoms with Gasteiger partial charge in [0.2, 0.25) is 17.8 Å². The van der Waals surface area contributed by atoms with Crippen LogP contribution in [0, 0.1) is 5.92 Å². The van der Waals surface area contributed by atoms with Crippen LogP contribution in [-0.4, -0.2) is 72.6 Å². The molecule has 0 spiro atoms. The van der Waals surface area contributed by atoms with Crippen LogP contribution < -0.4 is 15.0 Å². The van der Waals surface area contributed by atoms with E-state index in [1.165, 1.54) is 0 Å². The summed E-state index contributed by atoms with van der Waals surface area (Å²) in [5.74, 6) is -0.218. The van der Waals surface area contributed by atoms with Gasteiger partial charge in [0.05, 0.1) is 13.7 Å². The molecule has 0 bridgehead atoms. The molecule has 0 radical (unpaired) electrons. The van der Waals surface area contributed by atoms with E-state index in [4.69, 9.17) is 14.5 Å². The fourth-order valence-corrected chi connectivity index (χ4v) is 3.84. The molecule has 2 atom stereocenters. The number of carbonyl (C=O) groups excluding carboxylic acids is 2. The first kappa shape index (κ1) is 21.5. The number of nitrogens with zero attached hydrogens (tertiary/aromatic N) is 5. The van der Waals surface area contributed by atoms with Gasteiger partial charge in [0.1, 0.15) is 11.8 Å². The summed E-state index contributed by atoms with van der Waals surface area (Å²) in [6, 6.07) is 8.32. The van der Waals surface area contributed by atoms with Gasteiger partial charge >= 0.3 is 5.97 Å². The number of piperazine rings is 1. The average molecular weight is 438 g/mol. The highest BCUT2D eigenvalue weighted by atomic mass is 16.5. The number of hydrogen-bond acceptors (Lipinski definition) is 9. The van der Waals surface area contributed by atoms with E-state index in [1.54, 1.807) is 44.6 Å². The van der Waals surface area contributed by atoms with Crippen molar-refractivity contribution in [3.63, 3.8) is 0 Å². The van der Waals surface area contributed by atoms with E-state index < -0.39 is 23.8 Å². The van der Waals surface area contributed by atoms with Gasteiger partial charge in [-0.25, -0.2) is 15.0 Å². The number of ether oxygens (including phenoxy) is 2. The molecule has 1 aromatic carbocycles. The van der Waals surface area contributed by atoms with Gasteiger partial charge in [-0.1, -0.05) is 12.1 Å². The van der Waals surface area contributed by atoms with E-state index in [1.807, 2.05) is 17.0 Å². The summed E-state index contributed by atoms with van der Waals surface area (Å²) in [6.07, 6.45) is 3.43. The molecule has 32 heavy (non-hydrogen) atoms. The number of benzene rings is 1. The summed E-state index contributed by atoms with van der Waals surface area (Å²) in [7, 11) is 1.58. The van der Waals surface area contributed by atoms with Crippen LogP contribution in [0.1, 0.15) is 18.5 Å². The number of methoxy groups -OCH3 is 1. The number of carbonyl (C=O) groups is 2. The van der Waals surface area contributed by atoms with E-state index in [0.29, 0.717) is 43.8 Å². The number of aromatic nitrogens is 2. The summed E-state index contributed by atoms with van der Waals surface area (Å²) < 4.78 is 10.4. The molecule has 168 valence electrons. The molecule has 10 heteroatoms. The third-order valence-corrected chi connectivity index (χ3v) is 5.51. The summed E-state index contributed by atoms with van der Waals surface area (Å²) in [6.45, 7) is 4.55. The lowest BCUT2D eigenvalue weighted by Gasteiger charge is -2.38. The van der Waals surface area contributed by atoms with Gasteiger partial charge < -0.3 is 19.3 Å². The largest absolute Gasteiger partial charge is 0.497 e. The minimum atomic E-state index is -1.05. The lowest BCUT2D eigenvalue weighted by atomic mass is 9.91. The highest BCUT2D eigenvalue weighted by Crippen LogP contribution is 2.32. The van der Waals surface area contributed by atoms with Crippen LogP contribution in [0.15, 0.2) is 47.7 Å². The van der Waals surface area contributed by atoms with E-state index >= 15 is 0 Å². The van der Waals surface area contributed by atoms with Crippen molar-refractivity contribution in [3.8, 4) is 5.75 Å². The predicted molar refractivity (Wildman–Crippen MR) is 117 cm³/mol. The second-order valence-corrected chi connectivity index (χ2v) is 7.41. The van der Waals surface area contributed by atoms with Crippen LogP contribution in [0.3, 0.4) is 0 Å². The molecule has 1 aromatic heterocycles. The number of hydrogen-bond donors (Lipinski definition) is 1. The Balaban J connectivity index is 1.56. The fourth-order valence-electron chi connectivity index (χ4n) is 3.84. The smallest absolute Gasteiger partial charge is 0.321 e. The molecule has 4 rings (SSSR count). The molecule has 2 aliphatic heterocycles. The second kappa shape index (κ2) is 9.63. The highest BCUT2D eigenvalue weighted by molar-refractivity contribution is 6.08. The molecule has 1 fully saturated rings. The van der Waals surface area contributed by atoms with Crippen LogP contribution >= 0.6 is 0 Å². The Labute approximate surface area is 186 Å². The molecule has 0 aliphatic carbocycles. The van der Waals surface area contributed by atoms with Crippen LogP contribution in [0.4, 0.5) is 5.95 Å². The molecule has 1 N–H and O–H groups in total. The first-order valence-corrected chi connectivity index (χ1v) is 10.6. The predicted octanol–water partition coefficient (Wildman–Crippen LogP) is 1.01. The highest BCUT2D eigenvalue weighted by Gasteiger charge is 2.42. The Kier molecular flexibility index (Phi) is 6.48. The molecular formula is C22H26N6O4. The van der Waals surface area contributed by atoms with E-state index in [-0.39, 0.29) is 6.61 Å². The van der Waals surface area contributed by atoms with Gasteiger partial charge in [0.25, 0.3) is 0 Å². The Morgan fingerprint density at radius 3 is 2.38 bits per heavy atom. The minimum Gasteiger partial charge on any atom is -0.497 e. The summed E-state index contributed by atoms with van der Waals surface area (Å²) >= 11 is 0. The molecule has 3 heterocycles. The fraction of sp³-hybridized carbons (Fsp3) is 0.409.